The molecule has 20 heavy (non-hydrogen) atoms. The van der Waals surface area contributed by atoms with Crippen LogP contribution in [-0.4, -0.2) is 41.6 Å². The van der Waals surface area contributed by atoms with Crippen LogP contribution < -0.4 is 5.32 Å². The SMILES string of the molecule is CC1CCCCN1CCCNC(=O)c1ccccc1O. The highest BCUT2D eigenvalue weighted by Crippen LogP contribution is 2.16. The first-order chi connectivity index (χ1) is 9.68. The number of hydrogen-bond donors (Lipinski definition) is 2. The van der Waals surface area contributed by atoms with Crippen LogP contribution in [0, 0.1) is 0 Å². The second-order valence-corrected chi connectivity index (χ2v) is 5.51. The van der Waals surface area contributed by atoms with Gasteiger partial charge in [-0.3, -0.25) is 4.79 Å². The van der Waals surface area contributed by atoms with Crippen LogP contribution in [-0.2, 0) is 0 Å². The lowest BCUT2D eigenvalue weighted by Crippen LogP contribution is -2.39. The Kier molecular flexibility index (Phi) is 5.41. The molecule has 0 radical (unpaired) electrons. The second kappa shape index (κ2) is 7.29. The molecule has 1 amide bonds. The summed E-state index contributed by atoms with van der Waals surface area (Å²) in [5.74, 6) is -0.163. The maximum atomic E-state index is 11.9. The number of aromatic hydroxyl groups is 1. The fourth-order valence-electron chi connectivity index (χ4n) is 2.73. The molecule has 0 aromatic heterocycles. The van der Waals surface area contributed by atoms with Crippen molar-refractivity contribution in [3.8, 4) is 5.75 Å². The minimum atomic E-state index is -0.199. The van der Waals surface area contributed by atoms with E-state index in [1.807, 2.05) is 0 Å². The molecule has 0 aliphatic carbocycles. The highest BCUT2D eigenvalue weighted by molar-refractivity contribution is 5.96. The standard InChI is InChI=1S/C16H24N2O2/c1-13-7-4-5-11-18(13)12-6-10-17-16(20)14-8-2-3-9-15(14)19/h2-3,8-9,13,19H,4-7,10-12H2,1H3,(H,17,20). The van der Waals surface area contributed by atoms with E-state index in [4.69, 9.17) is 0 Å². The molecule has 4 heteroatoms. The van der Waals surface area contributed by atoms with E-state index >= 15 is 0 Å². The number of phenolic OH excluding ortho intramolecular Hbond substituents is 1. The summed E-state index contributed by atoms with van der Waals surface area (Å²) >= 11 is 0. The van der Waals surface area contributed by atoms with Gasteiger partial charge in [-0.25, -0.2) is 0 Å². The minimum Gasteiger partial charge on any atom is -0.507 e. The third-order valence-corrected chi connectivity index (χ3v) is 4.00. The topological polar surface area (TPSA) is 52.6 Å². The Morgan fingerprint density at radius 3 is 2.95 bits per heavy atom. The van der Waals surface area contributed by atoms with Gasteiger partial charge >= 0.3 is 0 Å². The number of amides is 1. The van der Waals surface area contributed by atoms with Crippen molar-refractivity contribution in [3.05, 3.63) is 29.8 Å². The summed E-state index contributed by atoms with van der Waals surface area (Å²) in [6.07, 6.45) is 4.85. The molecule has 2 N–H and O–H groups in total. The van der Waals surface area contributed by atoms with Gasteiger partial charge in [0.15, 0.2) is 0 Å². The Morgan fingerprint density at radius 1 is 1.40 bits per heavy atom. The van der Waals surface area contributed by atoms with Gasteiger partial charge in [-0.05, 0) is 44.9 Å². The summed E-state index contributed by atoms with van der Waals surface area (Å²) in [7, 11) is 0. The first kappa shape index (κ1) is 14.9. The van der Waals surface area contributed by atoms with E-state index < -0.39 is 0 Å². The summed E-state index contributed by atoms with van der Waals surface area (Å²) < 4.78 is 0. The van der Waals surface area contributed by atoms with E-state index in [0.717, 1.165) is 13.0 Å². The van der Waals surface area contributed by atoms with E-state index in [2.05, 4.69) is 17.1 Å². The molecule has 110 valence electrons. The molecule has 1 aromatic rings. The quantitative estimate of drug-likeness (QED) is 0.812. The van der Waals surface area contributed by atoms with Crippen molar-refractivity contribution < 1.29 is 9.90 Å². The second-order valence-electron chi connectivity index (χ2n) is 5.51. The number of rotatable bonds is 5. The largest absolute Gasteiger partial charge is 0.507 e. The molecular weight excluding hydrogens is 252 g/mol. The van der Waals surface area contributed by atoms with Gasteiger partial charge in [-0.15, -0.1) is 0 Å². The van der Waals surface area contributed by atoms with Crippen molar-refractivity contribution in [2.45, 2.75) is 38.6 Å². The molecule has 1 aliphatic heterocycles. The smallest absolute Gasteiger partial charge is 0.255 e. The predicted molar refractivity (Wildman–Crippen MR) is 79.9 cm³/mol. The summed E-state index contributed by atoms with van der Waals surface area (Å²) in [5, 5.41) is 12.5. The molecule has 4 nitrogen and oxygen atoms in total. The number of nitrogens with zero attached hydrogens (tertiary/aromatic N) is 1. The monoisotopic (exact) mass is 276 g/mol. The number of carbonyl (C=O) groups excluding carboxylic acids is 1. The first-order valence-corrected chi connectivity index (χ1v) is 7.48. The number of benzene rings is 1. The zero-order chi connectivity index (χ0) is 14.4. The number of para-hydroxylation sites is 1. The zero-order valence-corrected chi connectivity index (χ0v) is 12.1. The van der Waals surface area contributed by atoms with E-state index in [0.29, 0.717) is 18.2 Å². The van der Waals surface area contributed by atoms with Gasteiger partial charge in [0, 0.05) is 19.1 Å². The number of nitrogens with one attached hydrogen (secondary N) is 1. The van der Waals surface area contributed by atoms with Crippen molar-refractivity contribution in [1.82, 2.24) is 10.2 Å². The Bertz CT molecular complexity index is 448. The predicted octanol–water partition coefficient (Wildman–Crippen LogP) is 2.39. The molecule has 0 spiro atoms. The van der Waals surface area contributed by atoms with Gasteiger partial charge in [-0.1, -0.05) is 18.6 Å². The lowest BCUT2D eigenvalue weighted by atomic mass is 10.0. The summed E-state index contributed by atoms with van der Waals surface area (Å²) in [4.78, 5) is 14.4. The molecule has 1 saturated heterocycles. The number of likely N-dealkylation sites (tertiary alicyclic amines) is 1. The molecule has 0 bridgehead atoms. The Balaban J connectivity index is 1.71. The highest BCUT2D eigenvalue weighted by Gasteiger charge is 2.17. The van der Waals surface area contributed by atoms with Crippen molar-refractivity contribution in [3.63, 3.8) is 0 Å². The van der Waals surface area contributed by atoms with Crippen molar-refractivity contribution in [2.24, 2.45) is 0 Å². The minimum absolute atomic E-state index is 0.0367. The average Bonchev–Trinajstić information content (AvgIpc) is 2.45. The van der Waals surface area contributed by atoms with Gasteiger partial charge in [0.25, 0.3) is 5.91 Å². The lowest BCUT2D eigenvalue weighted by molar-refractivity contribution is 0.0946. The zero-order valence-electron chi connectivity index (χ0n) is 12.1. The van der Waals surface area contributed by atoms with Gasteiger partial charge in [0.05, 0.1) is 5.56 Å². The van der Waals surface area contributed by atoms with E-state index in [-0.39, 0.29) is 11.7 Å². The van der Waals surface area contributed by atoms with Gasteiger partial charge in [0.1, 0.15) is 5.75 Å². The van der Waals surface area contributed by atoms with Crippen LogP contribution in [0.4, 0.5) is 0 Å². The van der Waals surface area contributed by atoms with Gasteiger partial charge in [0.2, 0.25) is 0 Å². The summed E-state index contributed by atoms with van der Waals surface area (Å²) in [5.41, 5.74) is 0.346. The fourth-order valence-corrected chi connectivity index (χ4v) is 2.73. The maximum Gasteiger partial charge on any atom is 0.255 e. The molecule has 0 saturated carbocycles. The van der Waals surface area contributed by atoms with Crippen LogP contribution in [0.5, 0.6) is 5.75 Å². The first-order valence-electron chi connectivity index (χ1n) is 7.48. The van der Waals surface area contributed by atoms with Crippen molar-refractivity contribution in [1.29, 1.82) is 0 Å². The van der Waals surface area contributed by atoms with E-state index in [9.17, 15) is 9.90 Å². The average molecular weight is 276 g/mol. The van der Waals surface area contributed by atoms with Crippen molar-refractivity contribution >= 4 is 5.91 Å². The number of carbonyl (C=O) groups is 1. The third kappa shape index (κ3) is 3.97. The van der Waals surface area contributed by atoms with Gasteiger partial charge < -0.3 is 15.3 Å². The normalized spacial score (nSPS) is 19.8. The molecule has 1 atom stereocenters. The maximum absolute atomic E-state index is 11.9. The van der Waals surface area contributed by atoms with Crippen LogP contribution in [0.3, 0.4) is 0 Å². The summed E-state index contributed by atoms with van der Waals surface area (Å²) in [6, 6.07) is 7.30. The Morgan fingerprint density at radius 2 is 2.20 bits per heavy atom. The molecular formula is C16H24N2O2. The Hall–Kier alpha value is -1.55. The summed E-state index contributed by atoms with van der Waals surface area (Å²) in [6.45, 7) is 5.13. The molecule has 1 heterocycles. The molecule has 1 aliphatic rings. The lowest BCUT2D eigenvalue weighted by Gasteiger charge is -2.33. The van der Waals surface area contributed by atoms with Crippen LogP contribution >= 0.6 is 0 Å². The van der Waals surface area contributed by atoms with Crippen LogP contribution in [0.15, 0.2) is 24.3 Å². The highest BCUT2D eigenvalue weighted by atomic mass is 16.3. The Labute approximate surface area is 120 Å². The molecule has 1 unspecified atom stereocenters. The fraction of sp³-hybridized carbons (Fsp3) is 0.562. The van der Waals surface area contributed by atoms with Crippen LogP contribution in [0.25, 0.3) is 0 Å². The number of phenols is 1. The number of hydrogen-bond acceptors (Lipinski definition) is 3. The molecule has 2 rings (SSSR count). The van der Waals surface area contributed by atoms with Crippen LogP contribution in [0.2, 0.25) is 0 Å². The third-order valence-electron chi connectivity index (χ3n) is 4.00. The molecule has 1 fully saturated rings. The molecule has 1 aromatic carbocycles. The van der Waals surface area contributed by atoms with E-state index in [1.165, 1.54) is 31.9 Å². The van der Waals surface area contributed by atoms with E-state index in [1.54, 1.807) is 18.2 Å². The van der Waals surface area contributed by atoms with Crippen LogP contribution in [0.1, 0.15) is 43.0 Å². The number of piperidine rings is 1. The van der Waals surface area contributed by atoms with Gasteiger partial charge in [-0.2, -0.15) is 0 Å². The van der Waals surface area contributed by atoms with Crippen molar-refractivity contribution in [2.75, 3.05) is 19.6 Å².